The average molecular weight is 235 g/mol. The highest BCUT2D eigenvalue weighted by atomic mass is 16.1. The number of rotatable bonds is 2. The molecule has 2 heterocycles. The fourth-order valence-electron chi connectivity index (χ4n) is 2.31. The standard InChI is InChI=1S/C13H21N3O/c1-9(2)12-6-11(8-15-13(12)17)16-5-4-14-7-10(16)3/h6,8-10,14H,4-5,7H2,1-3H3,(H,15,17)/t10-/m0/s1. The van der Waals surface area contributed by atoms with Gasteiger partial charge in [0.05, 0.1) is 5.69 Å². The average Bonchev–Trinajstić information content (AvgIpc) is 2.30. The van der Waals surface area contributed by atoms with Crippen molar-refractivity contribution in [1.29, 1.82) is 0 Å². The zero-order valence-corrected chi connectivity index (χ0v) is 10.8. The molecule has 0 aromatic carbocycles. The van der Waals surface area contributed by atoms with Gasteiger partial charge in [-0.15, -0.1) is 0 Å². The molecule has 2 N–H and O–H groups in total. The summed E-state index contributed by atoms with van der Waals surface area (Å²) in [7, 11) is 0. The molecule has 1 aromatic heterocycles. The van der Waals surface area contributed by atoms with E-state index >= 15 is 0 Å². The van der Waals surface area contributed by atoms with Gasteiger partial charge in [0.2, 0.25) is 0 Å². The van der Waals surface area contributed by atoms with Gasteiger partial charge in [-0.1, -0.05) is 13.8 Å². The van der Waals surface area contributed by atoms with Gasteiger partial charge >= 0.3 is 0 Å². The zero-order valence-electron chi connectivity index (χ0n) is 10.8. The number of hydrogen-bond donors (Lipinski definition) is 2. The minimum Gasteiger partial charge on any atom is -0.365 e. The molecule has 1 atom stereocenters. The molecule has 1 saturated heterocycles. The van der Waals surface area contributed by atoms with E-state index in [1.807, 2.05) is 12.3 Å². The van der Waals surface area contributed by atoms with Crippen LogP contribution in [0.1, 0.15) is 32.3 Å². The van der Waals surface area contributed by atoms with E-state index in [-0.39, 0.29) is 11.5 Å². The lowest BCUT2D eigenvalue weighted by atomic mass is 10.0. The Labute approximate surface area is 102 Å². The van der Waals surface area contributed by atoms with E-state index in [1.165, 1.54) is 0 Å². The minimum atomic E-state index is 0.0338. The molecule has 94 valence electrons. The van der Waals surface area contributed by atoms with Crippen LogP contribution in [-0.2, 0) is 0 Å². The van der Waals surface area contributed by atoms with Crippen molar-refractivity contribution in [2.24, 2.45) is 0 Å². The first-order valence-corrected chi connectivity index (χ1v) is 6.29. The Morgan fingerprint density at radius 2 is 2.24 bits per heavy atom. The first-order valence-electron chi connectivity index (χ1n) is 6.29. The van der Waals surface area contributed by atoms with Crippen LogP contribution in [0, 0.1) is 0 Å². The van der Waals surface area contributed by atoms with Crippen LogP contribution in [0.25, 0.3) is 0 Å². The third kappa shape index (κ3) is 2.52. The molecule has 17 heavy (non-hydrogen) atoms. The Hall–Kier alpha value is -1.29. The maximum Gasteiger partial charge on any atom is 0.251 e. The van der Waals surface area contributed by atoms with Gasteiger partial charge in [-0.2, -0.15) is 0 Å². The summed E-state index contributed by atoms with van der Waals surface area (Å²) >= 11 is 0. The summed E-state index contributed by atoms with van der Waals surface area (Å²) < 4.78 is 0. The minimum absolute atomic E-state index is 0.0338. The number of pyridine rings is 1. The van der Waals surface area contributed by atoms with Crippen molar-refractivity contribution in [1.82, 2.24) is 10.3 Å². The van der Waals surface area contributed by atoms with Gasteiger partial charge < -0.3 is 15.2 Å². The van der Waals surface area contributed by atoms with E-state index in [4.69, 9.17) is 0 Å². The van der Waals surface area contributed by atoms with Crippen LogP contribution in [-0.4, -0.2) is 30.7 Å². The van der Waals surface area contributed by atoms with E-state index in [9.17, 15) is 4.79 Å². The fourth-order valence-corrected chi connectivity index (χ4v) is 2.31. The van der Waals surface area contributed by atoms with Crippen molar-refractivity contribution in [3.05, 3.63) is 28.2 Å². The van der Waals surface area contributed by atoms with Gasteiger partial charge in [0.1, 0.15) is 0 Å². The molecule has 0 spiro atoms. The molecule has 0 bridgehead atoms. The molecule has 1 aliphatic rings. The van der Waals surface area contributed by atoms with Gasteiger partial charge in [-0.25, -0.2) is 0 Å². The van der Waals surface area contributed by atoms with Crippen molar-refractivity contribution in [3.63, 3.8) is 0 Å². The Bertz CT molecular complexity index is 439. The molecule has 0 saturated carbocycles. The largest absolute Gasteiger partial charge is 0.365 e. The predicted molar refractivity (Wildman–Crippen MR) is 70.8 cm³/mol. The van der Waals surface area contributed by atoms with E-state index in [1.54, 1.807) is 0 Å². The lowest BCUT2D eigenvalue weighted by Crippen LogP contribution is -2.50. The molecular formula is C13H21N3O. The molecule has 0 radical (unpaired) electrons. The first kappa shape index (κ1) is 12.2. The summed E-state index contributed by atoms with van der Waals surface area (Å²) in [5.74, 6) is 0.261. The van der Waals surface area contributed by atoms with Gasteiger partial charge in [0.15, 0.2) is 0 Å². The van der Waals surface area contributed by atoms with E-state index in [0.29, 0.717) is 6.04 Å². The highest BCUT2D eigenvalue weighted by Gasteiger charge is 2.19. The van der Waals surface area contributed by atoms with Crippen LogP contribution in [0.5, 0.6) is 0 Å². The number of nitrogens with zero attached hydrogens (tertiary/aromatic N) is 1. The van der Waals surface area contributed by atoms with Crippen molar-refractivity contribution in [2.45, 2.75) is 32.7 Å². The molecule has 4 heteroatoms. The molecule has 2 rings (SSSR count). The molecule has 1 aromatic rings. The summed E-state index contributed by atoms with van der Waals surface area (Å²) in [6.45, 7) is 9.29. The normalized spacial score (nSPS) is 20.9. The summed E-state index contributed by atoms with van der Waals surface area (Å²) in [6.07, 6.45) is 1.83. The highest BCUT2D eigenvalue weighted by Crippen LogP contribution is 2.20. The van der Waals surface area contributed by atoms with E-state index in [0.717, 1.165) is 30.9 Å². The number of aromatic nitrogens is 1. The lowest BCUT2D eigenvalue weighted by molar-refractivity contribution is 0.500. The molecule has 0 unspecified atom stereocenters. The quantitative estimate of drug-likeness (QED) is 0.812. The maximum absolute atomic E-state index is 11.7. The number of nitrogens with one attached hydrogen (secondary N) is 2. The Morgan fingerprint density at radius 1 is 1.47 bits per heavy atom. The second kappa shape index (κ2) is 4.92. The van der Waals surface area contributed by atoms with Crippen LogP contribution in [0.4, 0.5) is 5.69 Å². The third-order valence-electron chi connectivity index (χ3n) is 3.37. The van der Waals surface area contributed by atoms with Gasteiger partial charge in [0.25, 0.3) is 5.56 Å². The number of aromatic amines is 1. The molecule has 1 fully saturated rings. The number of H-pyrrole nitrogens is 1. The van der Waals surface area contributed by atoms with E-state index in [2.05, 4.69) is 36.0 Å². The molecular weight excluding hydrogens is 214 g/mol. The molecule has 0 amide bonds. The topological polar surface area (TPSA) is 48.1 Å². The smallest absolute Gasteiger partial charge is 0.251 e. The SMILES string of the molecule is CC(C)c1cc(N2CCNC[C@@H]2C)c[nH]c1=O. The maximum atomic E-state index is 11.7. The molecule has 1 aliphatic heterocycles. The van der Waals surface area contributed by atoms with Crippen molar-refractivity contribution >= 4 is 5.69 Å². The van der Waals surface area contributed by atoms with E-state index < -0.39 is 0 Å². The number of hydrogen-bond acceptors (Lipinski definition) is 3. The zero-order chi connectivity index (χ0) is 12.4. The Balaban J connectivity index is 2.32. The van der Waals surface area contributed by atoms with Crippen molar-refractivity contribution < 1.29 is 0 Å². The second-order valence-corrected chi connectivity index (χ2v) is 5.04. The Kier molecular flexibility index (Phi) is 3.52. The van der Waals surface area contributed by atoms with Gasteiger partial charge in [-0.05, 0) is 18.9 Å². The van der Waals surface area contributed by atoms with Crippen LogP contribution < -0.4 is 15.8 Å². The fraction of sp³-hybridized carbons (Fsp3) is 0.615. The number of anilines is 1. The van der Waals surface area contributed by atoms with Crippen LogP contribution in [0.15, 0.2) is 17.1 Å². The summed E-state index contributed by atoms with van der Waals surface area (Å²) in [5, 5.41) is 3.37. The highest BCUT2D eigenvalue weighted by molar-refractivity contribution is 5.48. The Morgan fingerprint density at radius 3 is 2.88 bits per heavy atom. The lowest BCUT2D eigenvalue weighted by Gasteiger charge is -2.36. The monoisotopic (exact) mass is 235 g/mol. The molecule has 4 nitrogen and oxygen atoms in total. The van der Waals surface area contributed by atoms with Crippen molar-refractivity contribution in [3.8, 4) is 0 Å². The summed E-state index contributed by atoms with van der Waals surface area (Å²) in [4.78, 5) is 16.9. The van der Waals surface area contributed by atoms with Gasteiger partial charge in [0, 0.05) is 37.4 Å². The predicted octanol–water partition coefficient (Wildman–Crippen LogP) is 1.30. The number of piperazine rings is 1. The molecule has 0 aliphatic carbocycles. The van der Waals surface area contributed by atoms with Crippen LogP contribution in [0.3, 0.4) is 0 Å². The first-order chi connectivity index (χ1) is 8.09. The summed E-state index contributed by atoms with van der Waals surface area (Å²) in [5.41, 5.74) is 2.03. The van der Waals surface area contributed by atoms with Crippen LogP contribution in [0.2, 0.25) is 0 Å². The van der Waals surface area contributed by atoms with Crippen LogP contribution >= 0.6 is 0 Å². The third-order valence-corrected chi connectivity index (χ3v) is 3.37. The summed E-state index contributed by atoms with van der Waals surface area (Å²) in [6, 6.07) is 2.50. The van der Waals surface area contributed by atoms with Gasteiger partial charge in [-0.3, -0.25) is 4.79 Å². The second-order valence-electron chi connectivity index (χ2n) is 5.04. The van der Waals surface area contributed by atoms with Crippen molar-refractivity contribution in [2.75, 3.05) is 24.5 Å².